The smallest absolute Gasteiger partial charge is 0.288 e. The first-order valence-corrected chi connectivity index (χ1v) is 8.03. The van der Waals surface area contributed by atoms with E-state index in [2.05, 4.69) is 4.98 Å². The highest BCUT2D eigenvalue weighted by Crippen LogP contribution is 2.24. The Balaban J connectivity index is 2.03. The molecule has 0 N–H and O–H groups in total. The second-order valence-corrected chi connectivity index (χ2v) is 6.11. The average Bonchev–Trinajstić information content (AvgIpc) is 2.59. The van der Waals surface area contributed by atoms with Crippen LogP contribution in [0.3, 0.4) is 0 Å². The first-order valence-electron chi connectivity index (χ1n) is 6.84. The zero-order chi connectivity index (χ0) is 16.2. The summed E-state index contributed by atoms with van der Waals surface area (Å²) in [5.41, 5.74) is 0.489. The van der Waals surface area contributed by atoms with Gasteiger partial charge in [-0.25, -0.2) is 4.98 Å². The largest absolute Gasteiger partial charge is 0.497 e. The Morgan fingerprint density at radius 1 is 1.09 bits per heavy atom. The number of rotatable bonds is 4. The second kappa shape index (κ2) is 6.89. The van der Waals surface area contributed by atoms with E-state index in [9.17, 15) is 4.79 Å². The lowest BCUT2D eigenvalue weighted by atomic mass is 10.3. The molecule has 0 radical (unpaired) electrons. The quantitative estimate of drug-likeness (QED) is 0.716. The van der Waals surface area contributed by atoms with Gasteiger partial charge < -0.3 is 4.74 Å². The fourth-order valence-electron chi connectivity index (χ4n) is 2.04. The third-order valence-electron chi connectivity index (χ3n) is 3.15. The molecule has 3 rings (SSSR count). The Morgan fingerprint density at radius 3 is 2.43 bits per heavy atom. The topological polar surface area (TPSA) is 44.1 Å². The third kappa shape index (κ3) is 3.57. The molecule has 1 aromatic heterocycles. The molecule has 116 valence electrons. The summed E-state index contributed by atoms with van der Waals surface area (Å²) in [5, 5.41) is 0.596. The first kappa shape index (κ1) is 15.6. The predicted octanol–water partition coefficient (Wildman–Crippen LogP) is 4.05. The summed E-state index contributed by atoms with van der Waals surface area (Å²) < 4.78 is 6.62. The number of nitrogens with zero attached hydrogens (tertiary/aromatic N) is 2. The van der Waals surface area contributed by atoms with Crippen molar-refractivity contribution in [3.8, 4) is 11.4 Å². The van der Waals surface area contributed by atoms with Crippen molar-refractivity contribution in [1.29, 1.82) is 0 Å². The molecule has 0 aliphatic carbocycles. The number of hydrogen-bond acceptors (Lipinski definition) is 4. The highest BCUT2D eigenvalue weighted by molar-refractivity contribution is 7.99. The van der Waals surface area contributed by atoms with E-state index in [0.717, 1.165) is 10.6 Å². The van der Waals surface area contributed by atoms with Gasteiger partial charge in [0, 0.05) is 10.6 Å². The van der Waals surface area contributed by atoms with Gasteiger partial charge in [-0.3, -0.25) is 9.36 Å². The summed E-state index contributed by atoms with van der Waals surface area (Å²) in [4.78, 5) is 17.8. The Hall–Kier alpha value is -2.24. The van der Waals surface area contributed by atoms with Crippen LogP contribution in [0.4, 0.5) is 0 Å². The molecule has 6 heteroatoms. The second-order valence-electron chi connectivity index (χ2n) is 4.66. The van der Waals surface area contributed by atoms with Crippen LogP contribution < -0.4 is 10.3 Å². The van der Waals surface area contributed by atoms with Gasteiger partial charge in [0.05, 0.1) is 13.3 Å². The molecule has 3 aromatic rings. The van der Waals surface area contributed by atoms with E-state index < -0.39 is 0 Å². The van der Waals surface area contributed by atoms with Crippen LogP contribution in [0.25, 0.3) is 5.69 Å². The zero-order valence-corrected chi connectivity index (χ0v) is 13.8. The van der Waals surface area contributed by atoms with Crippen molar-refractivity contribution in [2.45, 2.75) is 9.92 Å². The van der Waals surface area contributed by atoms with E-state index in [0.29, 0.717) is 10.7 Å². The summed E-state index contributed by atoms with van der Waals surface area (Å²) in [6, 6.07) is 16.8. The van der Waals surface area contributed by atoms with E-state index in [4.69, 9.17) is 16.3 Å². The van der Waals surface area contributed by atoms with Crippen LogP contribution in [0, 0.1) is 0 Å². The molecule has 0 aliphatic rings. The maximum atomic E-state index is 12.7. The van der Waals surface area contributed by atoms with Gasteiger partial charge in [0.15, 0.2) is 5.03 Å². The third-order valence-corrected chi connectivity index (χ3v) is 4.30. The van der Waals surface area contributed by atoms with Gasteiger partial charge in [0.2, 0.25) is 0 Å². The Morgan fingerprint density at radius 2 is 1.78 bits per heavy atom. The van der Waals surface area contributed by atoms with Gasteiger partial charge in [0.1, 0.15) is 10.9 Å². The number of halogens is 1. The van der Waals surface area contributed by atoms with Crippen LogP contribution in [-0.2, 0) is 0 Å². The predicted molar refractivity (Wildman–Crippen MR) is 92.0 cm³/mol. The number of hydrogen-bond donors (Lipinski definition) is 0. The molecule has 2 aromatic carbocycles. The van der Waals surface area contributed by atoms with Crippen molar-refractivity contribution < 1.29 is 4.74 Å². The monoisotopic (exact) mass is 344 g/mol. The van der Waals surface area contributed by atoms with E-state index >= 15 is 0 Å². The minimum absolute atomic E-state index is 0.214. The van der Waals surface area contributed by atoms with Crippen molar-refractivity contribution in [2.24, 2.45) is 0 Å². The molecule has 0 saturated carbocycles. The molecular weight excluding hydrogens is 332 g/mol. The van der Waals surface area contributed by atoms with Gasteiger partial charge in [-0.05, 0) is 36.4 Å². The maximum Gasteiger partial charge on any atom is 0.288 e. The lowest BCUT2D eigenvalue weighted by molar-refractivity contribution is 0.414. The summed E-state index contributed by atoms with van der Waals surface area (Å²) >= 11 is 7.38. The van der Waals surface area contributed by atoms with E-state index in [1.54, 1.807) is 31.4 Å². The van der Waals surface area contributed by atoms with Crippen LogP contribution in [0.2, 0.25) is 5.15 Å². The molecule has 0 unspecified atom stereocenters. The van der Waals surface area contributed by atoms with E-state index in [1.807, 2.05) is 30.3 Å². The molecule has 0 aliphatic heterocycles. The standard InChI is InChI=1S/C17H13ClN2O2S/c1-22-13-9-7-12(8-10-13)20-11-15(18)19-16(17(20)21)23-14-5-3-2-4-6-14/h2-11H,1H3. The van der Waals surface area contributed by atoms with E-state index in [1.165, 1.54) is 22.5 Å². The first-order chi connectivity index (χ1) is 11.2. The van der Waals surface area contributed by atoms with Gasteiger partial charge in [0.25, 0.3) is 5.56 Å². The summed E-state index contributed by atoms with van der Waals surface area (Å²) in [6.07, 6.45) is 1.51. The van der Waals surface area contributed by atoms with Gasteiger partial charge in [-0.15, -0.1) is 0 Å². The molecule has 1 heterocycles. The minimum Gasteiger partial charge on any atom is -0.497 e. The SMILES string of the molecule is COc1ccc(-n2cc(Cl)nc(Sc3ccccc3)c2=O)cc1. The zero-order valence-electron chi connectivity index (χ0n) is 12.3. The Labute approximate surface area is 142 Å². The highest BCUT2D eigenvalue weighted by Gasteiger charge is 2.11. The van der Waals surface area contributed by atoms with Gasteiger partial charge >= 0.3 is 0 Å². The van der Waals surface area contributed by atoms with Crippen molar-refractivity contribution in [1.82, 2.24) is 9.55 Å². The van der Waals surface area contributed by atoms with Crippen LogP contribution >= 0.6 is 23.4 Å². The number of methoxy groups -OCH3 is 1. The molecule has 0 spiro atoms. The molecular formula is C17H13ClN2O2S. The average molecular weight is 345 g/mol. The van der Waals surface area contributed by atoms with Crippen LogP contribution in [0.1, 0.15) is 0 Å². The highest BCUT2D eigenvalue weighted by atomic mass is 35.5. The fourth-order valence-corrected chi connectivity index (χ4v) is 3.12. The van der Waals surface area contributed by atoms with Crippen molar-refractivity contribution in [3.05, 3.63) is 76.3 Å². The van der Waals surface area contributed by atoms with Crippen molar-refractivity contribution in [2.75, 3.05) is 7.11 Å². The molecule has 4 nitrogen and oxygen atoms in total. The van der Waals surface area contributed by atoms with Gasteiger partial charge in [-0.1, -0.05) is 41.6 Å². The van der Waals surface area contributed by atoms with Crippen LogP contribution in [-0.4, -0.2) is 16.7 Å². The van der Waals surface area contributed by atoms with Gasteiger partial charge in [-0.2, -0.15) is 0 Å². The number of aromatic nitrogens is 2. The Bertz CT molecular complexity index is 864. The Kier molecular flexibility index (Phi) is 4.69. The molecule has 23 heavy (non-hydrogen) atoms. The molecule has 0 bridgehead atoms. The molecule has 0 amide bonds. The molecule has 0 fully saturated rings. The summed E-state index contributed by atoms with van der Waals surface area (Å²) in [7, 11) is 1.60. The summed E-state index contributed by atoms with van der Waals surface area (Å²) in [6.45, 7) is 0. The van der Waals surface area contributed by atoms with Crippen molar-refractivity contribution in [3.63, 3.8) is 0 Å². The minimum atomic E-state index is -0.214. The number of ether oxygens (including phenoxy) is 1. The molecule has 0 saturated heterocycles. The van der Waals surface area contributed by atoms with E-state index in [-0.39, 0.29) is 10.7 Å². The number of benzene rings is 2. The normalized spacial score (nSPS) is 10.5. The van der Waals surface area contributed by atoms with Crippen LogP contribution in [0.15, 0.2) is 75.5 Å². The lowest BCUT2D eigenvalue weighted by Gasteiger charge is -2.09. The van der Waals surface area contributed by atoms with Crippen LogP contribution in [0.5, 0.6) is 5.75 Å². The lowest BCUT2D eigenvalue weighted by Crippen LogP contribution is -2.20. The van der Waals surface area contributed by atoms with Crippen molar-refractivity contribution >= 4 is 23.4 Å². The fraction of sp³-hybridized carbons (Fsp3) is 0.0588. The maximum absolute atomic E-state index is 12.7. The molecule has 0 atom stereocenters. The summed E-state index contributed by atoms with van der Waals surface area (Å²) in [5.74, 6) is 0.723.